The van der Waals surface area contributed by atoms with Crippen molar-refractivity contribution in [1.29, 1.82) is 0 Å². The zero-order valence-corrected chi connectivity index (χ0v) is 11.1. The SMILES string of the molecule is CNC1CCN(c2c(Cl)ccc3nsnc23)C1. The van der Waals surface area contributed by atoms with Crippen molar-refractivity contribution in [3.8, 4) is 0 Å². The van der Waals surface area contributed by atoms with Gasteiger partial charge in [0, 0.05) is 19.1 Å². The van der Waals surface area contributed by atoms with Gasteiger partial charge in [-0.1, -0.05) is 11.6 Å². The van der Waals surface area contributed by atoms with E-state index >= 15 is 0 Å². The molecule has 1 unspecified atom stereocenters. The monoisotopic (exact) mass is 268 g/mol. The Kier molecular flexibility index (Phi) is 2.90. The lowest BCUT2D eigenvalue weighted by atomic mass is 10.2. The number of aromatic nitrogens is 2. The fraction of sp³-hybridized carbons (Fsp3) is 0.455. The van der Waals surface area contributed by atoms with Gasteiger partial charge in [0.25, 0.3) is 0 Å². The van der Waals surface area contributed by atoms with Gasteiger partial charge < -0.3 is 10.2 Å². The first-order valence-corrected chi connectivity index (χ1v) is 6.73. The molecule has 3 rings (SSSR count). The van der Waals surface area contributed by atoms with Crippen LogP contribution >= 0.6 is 23.3 Å². The molecule has 1 saturated heterocycles. The number of likely N-dealkylation sites (N-methyl/N-ethyl adjacent to an activating group) is 1. The second-order valence-electron chi connectivity index (χ2n) is 4.25. The maximum atomic E-state index is 6.31. The Hall–Kier alpha value is -0.910. The van der Waals surface area contributed by atoms with Crippen LogP contribution in [-0.4, -0.2) is 34.9 Å². The highest BCUT2D eigenvalue weighted by Gasteiger charge is 2.25. The van der Waals surface area contributed by atoms with Crippen LogP contribution in [0.1, 0.15) is 6.42 Å². The molecule has 0 aliphatic carbocycles. The van der Waals surface area contributed by atoms with Crippen LogP contribution in [0, 0.1) is 0 Å². The summed E-state index contributed by atoms with van der Waals surface area (Å²) in [7, 11) is 2.00. The van der Waals surface area contributed by atoms with Crippen LogP contribution in [0.3, 0.4) is 0 Å². The van der Waals surface area contributed by atoms with E-state index in [1.807, 2.05) is 19.2 Å². The Morgan fingerprint density at radius 3 is 3.12 bits per heavy atom. The number of halogens is 1. The van der Waals surface area contributed by atoms with E-state index in [2.05, 4.69) is 19.0 Å². The van der Waals surface area contributed by atoms with Gasteiger partial charge >= 0.3 is 0 Å². The Morgan fingerprint density at radius 2 is 2.35 bits per heavy atom. The van der Waals surface area contributed by atoms with Gasteiger partial charge in [0.05, 0.1) is 22.4 Å². The highest BCUT2D eigenvalue weighted by molar-refractivity contribution is 7.00. The number of hydrogen-bond acceptors (Lipinski definition) is 5. The van der Waals surface area contributed by atoms with Gasteiger partial charge in [-0.2, -0.15) is 8.75 Å². The van der Waals surface area contributed by atoms with Gasteiger partial charge in [-0.3, -0.25) is 0 Å². The maximum Gasteiger partial charge on any atom is 0.129 e. The number of hydrogen-bond donors (Lipinski definition) is 1. The van der Waals surface area contributed by atoms with Gasteiger partial charge in [0.2, 0.25) is 0 Å². The van der Waals surface area contributed by atoms with Crippen molar-refractivity contribution in [2.75, 3.05) is 25.0 Å². The fourth-order valence-electron chi connectivity index (χ4n) is 2.31. The molecule has 1 atom stereocenters. The van der Waals surface area contributed by atoms with E-state index in [-0.39, 0.29) is 0 Å². The quantitative estimate of drug-likeness (QED) is 0.906. The average molecular weight is 269 g/mol. The van der Waals surface area contributed by atoms with Crippen LogP contribution in [0.25, 0.3) is 11.0 Å². The van der Waals surface area contributed by atoms with Crippen LogP contribution in [0.4, 0.5) is 5.69 Å². The van der Waals surface area contributed by atoms with Crippen LogP contribution in [-0.2, 0) is 0 Å². The molecule has 1 aliphatic heterocycles. The lowest BCUT2D eigenvalue weighted by Crippen LogP contribution is -2.29. The highest BCUT2D eigenvalue weighted by Crippen LogP contribution is 2.35. The molecule has 1 fully saturated rings. The molecule has 17 heavy (non-hydrogen) atoms. The molecule has 90 valence electrons. The van der Waals surface area contributed by atoms with E-state index in [0.29, 0.717) is 6.04 Å². The molecule has 0 bridgehead atoms. The number of rotatable bonds is 2. The minimum atomic E-state index is 0.535. The predicted octanol–water partition coefficient (Wildman–Crippen LogP) is 2.14. The van der Waals surface area contributed by atoms with Crippen molar-refractivity contribution in [1.82, 2.24) is 14.1 Å². The van der Waals surface area contributed by atoms with E-state index < -0.39 is 0 Å². The summed E-state index contributed by atoms with van der Waals surface area (Å²) in [6.07, 6.45) is 1.14. The number of nitrogens with zero attached hydrogens (tertiary/aromatic N) is 3. The molecule has 1 aromatic heterocycles. The molecule has 2 heterocycles. The van der Waals surface area contributed by atoms with E-state index in [4.69, 9.17) is 11.6 Å². The topological polar surface area (TPSA) is 41.0 Å². The summed E-state index contributed by atoms with van der Waals surface area (Å²) >= 11 is 7.55. The highest BCUT2D eigenvalue weighted by atomic mass is 35.5. The summed E-state index contributed by atoms with van der Waals surface area (Å²) in [5.41, 5.74) is 2.90. The Labute approximate surface area is 109 Å². The average Bonchev–Trinajstić information content (AvgIpc) is 2.96. The fourth-order valence-corrected chi connectivity index (χ4v) is 3.12. The lowest BCUT2D eigenvalue weighted by Gasteiger charge is -2.20. The summed E-state index contributed by atoms with van der Waals surface area (Å²) < 4.78 is 8.62. The Balaban J connectivity index is 2.04. The first kappa shape index (κ1) is 11.2. The Bertz CT molecular complexity index is 541. The molecule has 1 aromatic carbocycles. The van der Waals surface area contributed by atoms with Crippen LogP contribution in [0.15, 0.2) is 12.1 Å². The van der Waals surface area contributed by atoms with E-state index in [9.17, 15) is 0 Å². The second kappa shape index (κ2) is 4.40. The van der Waals surface area contributed by atoms with Crippen molar-refractivity contribution in [2.24, 2.45) is 0 Å². The third kappa shape index (κ3) is 1.88. The summed E-state index contributed by atoms with van der Waals surface area (Å²) in [4.78, 5) is 2.30. The molecule has 0 saturated carbocycles. The standard InChI is InChI=1S/C11H13ClN4S/c1-13-7-4-5-16(6-7)11-8(12)2-3-9-10(11)15-17-14-9/h2-3,7,13H,4-6H2,1H3. The zero-order valence-electron chi connectivity index (χ0n) is 9.48. The normalized spacial score (nSPS) is 20.4. The molecular formula is C11H13ClN4S. The summed E-state index contributed by atoms with van der Waals surface area (Å²) in [6, 6.07) is 4.37. The third-order valence-electron chi connectivity index (χ3n) is 3.26. The van der Waals surface area contributed by atoms with Crippen molar-refractivity contribution in [3.63, 3.8) is 0 Å². The van der Waals surface area contributed by atoms with E-state index in [1.54, 1.807) is 0 Å². The van der Waals surface area contributed by atoms with Crippen molar-refractivity contribution < 1.29 is 0 Å². The molecule has 2 aromatic rings. The number of anilines is 1. The third-order valence-corrected chi connectivity index (χ3v) is 4.11. The van der Waals surface area contributed by atoms with Crippen molar-refractivity contribution >= 4 is 40.0 Å². The minimum absolute atomic E-state index is 0.535. The number of benzene rings is 1. The van der Waals surface area contributed by atoms with E-state index in [1.165, 1.54) is 11.7 Å². The predicted molar refractivity (Wildman–Crippen MR) is 72.1 cm³/mol. The first-order chi connectivity index (χ1) is 8.29. The van der Waals surface area contributed by atoms with Gasteiger partial charge in [0.1, 0.15) is 11.0 Å². The second-order valence-corrected chi connectivity index (χ2v) is 5.18. The molecule has 0 amide bonds. The summed E-state index contributed by atoms with van der Waals surface area (Å²) in [5.74, 6) is 0. The molecule has 0 radical (unpaired) electrons. The van der Waals surface area contributed by atoms with Crippen molar-refractivity contribution in [2.45, 2.75) is 12.5 Å². The van der Waals surface area contributed by atoms with E-state index in [0.717, 1.165) is 41.3 Å². The molecule has 6 heteroatoms. The maximum absolute atomic E-state index is 6.31. The Morgan fingerprint density at radius 1 is 1.47 bits per heavy atom. The smallest absolute Gasteiger partial charge is 0.129 e. The van der Waals surface area contributed by atoms with Gasteiger partial charge in [0.15, 0.2) is 0 Å². The zero-order chi connectivity index (χ0) is 11.8. The first-order valence-electron chi connectivity index (χ1n) is 5.62. The van der Waals surface area contributed by atoms with Crippen molar-refractivity contribution in [3.05, 3.63) is 17.2 Å². The largest absolute Gasteiger partial charge is 0.367 e. The van der Waals surface area contributed by atoms with Crippen LogP contribution in [0.2, 0.25) is 5.02 Å². The minimum Gasteiger partial charge on any atom is -0.367 e. The van der Waals surface area contributed by atoms with Gasteiger partial charge in [-0.15, -0.1) is 0 Å². The molecular weight excluding hydrogens is 256 g/mol. The lowest BCUT2D eigenvalue weighted by molar-refractivity contribution is 0.617. The van der Waals surface area contributed by atoms with Crippen LogP contribution in [0.5, 0.6) is 0 Å². The molecule has 1 aliphatic rings. The molecule has 0 spiro atoms. The summed E-state index contributed by atoms with van der Waals surface area (Å²) in [6.45, 7) is 1.99. The number of nitrogens with one attached hydrogen (secondary N) is 1. The molecule has 4 nitrogen and oxygen atoms in total. The summed E-state index contributed by atoms with van der Waals surface area (Å²) in [5, 5.41) is 4.07. The van der Waals surface area contributed by atoms with Gasteiger partial charge in [-0.25, -0.2) is 0 Å². The number of fused-ring (bicyclic) bond motifs is 1. The van der Waals surface area contributed by atoms with Crippen LogP contribution < -0.4 is 10.2 Å². The molecule has 1 N–H and O–H groups in total. The van der Waals surface area contributed by atoms with Gasteiger partial charge in [-0.05, 0) is 25.6 Å².